The molecule has 0 saturated heterocycles. The van der Waals surface area contributed by atoms with E-state index in [1.807, 2.05) is 19.2 Å². The summed E-state index contributed by atoms with van der Waals surface area (Å²) in [5.41, 5.74) is 8.72. The molecule has 174 valence electrons. The van der Waals surface area contributed by atoms with E-state index in [0.717, 1.165) is 30.8 Å². The number of thioether (sulfide) groups is 1. The molecule has 9 nitrogen and oxygen atoms in total. The number of hydrogen-bond donors (Lipinski definition) is 1. The Morgan fingerprint density at radius 3 is 2.82 bits per heavy atom. The predicted octanol–water partition coefficient (Wildman–Crippen LogP) is 2.87. The average molecular weight is 478 g/mol. The molecule has 0 saturated carbocycles. The van der Waals surface area contributed by atoms with Crippen molar-refractivity contribution in [2.45, 2.75) is 30.8 Å². The molecule has 0 aliphatic carbocycles. The zero-order valence-electron chi connectivity index (χ0n) is 19.0. The highest BCUT2D eigenvalue weighted by atomic mass is 32.2. The summed E-state index contributed by atoms with van der Waals surface area (Å²) in [4.78, 5) is 19.7. The van der Waals surface area contributed by atoms with E-state index in [1.165, 1.54) is 18.9 Å². The standard InChI is InChI=1S/C24H23N5O4S/c1-13-4-5-18(32-13)20-16(10-26)22(27)33-19(21(20)24(30)31-3)12-34-23-14(9-25)8-15-11-29(2)7-6-17(15)28-23/h4-5,8,20H,6-7,11-12,27H2,1-3H3/t20-/m1/s1. The molecule has 10 heteroatoms. The van der Waals surface area contributed by atoms with Crippen LogP contribution in [0.2, 0.25) is 0 Å². The van der Waals surface area contributed by atoms with Crippen LogP contribution in [0.3, 0.4) is 0 Å². The third-order valence-corrected chi connectivity index (χ3v) is 6.73. The van der Waals surface area contributed by atoms with Crippen LogP contribution >= 0.6 is 11.8 Å². The lowest BCUT2D eigenvalue weighted by Crippen LogP contribution is -2.27. The van der Waals surface area contributed by atoms with Crippen molar-refractivity contribution < 1.29 is 18.7 Å². The van der Waals surface area contributed by atoms with Crippen molar-refractivity contribution in [1.29, 1.82) is 10.5 Å². The van der Waals surface area contributed by atoms with Crippen LogP contribution in [0.5, 0.6) is 0 Å². The molecule has 0 radical (unpaired) electrons. The van der Waals surface area contributed by atoms with Crippen LogP contribution in [-0.2, 0) is 27.2 Å². The number of hydrogen-bond acceptors (Lipinski definition) is 10. The Hall–Kier alpha value is -3.73. The lowest BCUT2D eigenvalue weighted by atomic mass is 9.87. The van der Waals surface area contributed by atoms with E-state index >= 15 is 0 Å². The first-order valence-electron chi connectivity index (χ1n) is 10.6. The molecule has 2 N–H and O–H groups in total. The van der Waals surface area contributed by atoms with Gasteiger partial charge in [0.25, 0.3) is 0 Å². The van der Waals surface area contributed by atoms with E-state index in [-0.39, 0.29) is 28.5 Å². The smallest absolute Gasteiger partial charge is 0.338 e. The Labute approximate surface area is 201 Å². The summed E-state index contributed by atoms with van der Waals surface area (Å²) >= 11 is 1.27. The fourth-order valence-corrected chi connectivity index (χ4v) is 4.99. The monoisotopic (exact) mass is 477 g/mol. The number of pyridine rings is 1. The molecular weight excluding hydrogens is 454 g/mol. The molecule has 34 heavy (non-hydrogen) atoms. The molecule has 0 fully saturated rings. The quantitative estimate of drug-likeness (QED) is 0.505. The Morgan fingerprint density at radius 1 is 1.38 bits per heavy atom. The molecule has 2 aliphatic rings. The molecule has 0 aromatic carbocycles. The number of ether oxygens (including phenoxy) is 2. The fraction of sp³-hybridized carbons (Fsp3) is 0.333. The molecule has 0 unspecified atom stereocenters. The van der Waals surface area contributed by atoms with Gasteiger partial charge in [-0.3, -0.25) is 0 Å². The molecule has 2 aliphatic heterocycles. The highest BCUT2D eigenvalue weighted by molar-refractivity contribution is 7.99. The third-order valence-electron chi connectivity index (χ3n) is 5.73. The van der Waals surface area contributed by atoms with Crippen molar-refractivity contribution >= 4 is 17.7 Å². The van der Waals surface area contributed by atoms with Gasteiger partial charge in [0.2, 0.25) is 5.88 Å². The molecule has 2 aromatic rings. The average Bonchev–Trinajstić information content (AvgIpc) is 3.26. The Kier molecular flexibility index (Phi) is 6.64. The number of carbonyl (C=O) groups is 1. The maximum atomic E-state index is 12.8. The van der Waals surface area contributed by atoms with Crippen molar-refractivity contribution in [3.05, 3.63) is 69.3 Å². The molecule has 2 aromatic heterocycles. The zero-order valence-corrected chi connectivity index (χ0v) is 19.9. The number of rotatable bonds is 5. The number of carbonyl (C=O) groups excluding carboxylic acids is 1. The maximum absolute atomic E-state index is 12.8. The van der Waals surface area contributed by atoms with Gasteiger partial charge in [0.1, 0.15) is 40.0 Å². The van der Waals surface area contributed by atoms with Crippen molar-refractivity contribution in [1.82, 2.24) is 9.88 Å². The van der Waals surface area contributed by atoms with Crippen LogP contribution in [0, 0.1) is 29.6 Å². The predicted molar refractivity (Wildman–Crippen MR) is 123 cm³/mol. The number of esters is 1. The first kappa shape index (κ1) is 23.4. The topological polar surface area (TPSA) is 138 Å². The van der Waals surface area contributed by atoms with Crippen molar-refractivity contribution in [2.75, 3.05) is 26.5 Å². The van der Waals surface area contributed by atoms with Gasteiger partial charge in [-0.15, -0.1) is 0 Å². The van der Waals surface area contributed by atoms with Crippen molar-refractivity contribution in [3.63, 3.8) is 0 Å². The number of likely N-dealkylation sites (N-methyl/N-ethyl adjacent to an activating group) is 1. The maximum Gasteiger partial charge on any atom is 0.338 e. The summed E-state index contributed by atoms with van der Waals surface area (Å²) in [6.45, 7) is 3.40. The zero-order chi connectivity index (χ0) is 24.4. The van der Waals surface area contributed by atoms with Gasteiger partial charge in [0.15, 0.2) is 0 Å². The number of furan rings is 1. The van der Waals surface area contributed by atoms with Gasteiger partial charge in [0, 0.05) is 25.2 Å². The lowest BCUT2D eigenvalue weighted by molar-refractivity contribution is -0.136. The Bertz CT molecular complexity index is 1300. The highest BCUT2D eigenvalue weighted by Gasteiger charge is 2.39. The minimum absolute atomic E-state index is 0.0669. The first-order valence-corrected chi connectivity index (χ1v) is 11.5. The summed E-state index contributed by atoms with van der Waals surface area (Å²) in [5.74, 6) is -0.227. The molecule has 0 amide bonds. The van der Waals surface area contributed by atoms with E-state index in [9.17, 15) is 15.3 Å². The number of nitrogens with zero attached hydrogens (tertiary/aromatic N) is 4. The fourth-order valence-electron chi connectivity index (χ4n) is 4.07. The number of aromatic nitrogens is 1. The van der Waals surface area contributed by atoms with Gasteiger partial charge in [-0.05, 0) is 37.7 Å². The van der Waals surface area contributed by atoms with E-state index < -0.39 is 11.9 Å². The van der Waals surface area contributed by atoms with Crippen molar-refractivity contribution in [2.24, 2.45) is 5.73 Å². The lowest BCUT2D eigenvalue weighted by Gasteiger charge is -2.27. The van der Waals surface area contributed by atoms with Gasteiger partial charge < -0.3 is 24.5 Å². The molecular formula is C24H23N5O4S. The van der Waals surface area contributed by atoms with Crippen LogP contribution in [0.1, 0.15) is 34.3 Å². The number of methoxy groups -OCH3 is 1. The van der Waals surface area contributed by atoms with Gasteiger partial charge in [-0.25, -0.2) is 9.78 Å². The largest absolute Gasteiger partial charge is 0.466 e. The van der Waals surface area contributed by atoms with E-state index in [0.29, 0.717) is 22.1 Å². The Balaban J connectivity index is 1.72. The second kappa shape index (κ2) is 9.64. The second-order valence-electron chi connectivity index (χ2n) is 8.04. The first-order chi connectivity index (χ1) is 16.4. The summed E-state index contributed by atoms with van der Waals surface area (Å²) in [6.07, 6.45) is 0.791. The number of nitriles is 2. The number of nitrogens with two attached hydrogens (primary N) is 1. The van der Waals surface area contributed by atoms with E-state index in [1.54, 1.807) is 19.1 Å². The van der Waals surface area contributed by atoms with Crippen LogP contribution < -0.4 is 5.73 Å². The minimum atomic E-state index is -0.863. The van der Waals surface area contributed by atoms with Crippen molar-refractivity contribution in [3.8, 4) is 12.1 Å². The number of allylic oxidation sites excluding steroid dienone is 1. The molecule has 0 bridgehead atoms. The summed E-state index contributed by atoms with van der Waals surface area (Å²) in [6, 6.07) is 9.55. The molecule has 0 spiro atoms. The van der Waals surface area contributed by atoms with E-state index in [4.69, 9.17) is 24.6 Å². The molecule has 1 atom stereocenters. The Morgan fingerprint density at radius 2 is 2.18 bits per heavy atom. The number of aryl methyl sites for hydroxylation is 1. The SMILES string of the molecule is COC(=O)C1=C(CSc2nc3c(cc2C#N)CN(C)CC3)OC(N)=C(C#N)[C@@H]1c1ccc(C)o1. The van der Waals surface area contributed by atoms with E-state index in [2.05, 4.69) is 11.0 Å². The number of fused-ring (bicyclic) bond motifs is 1. The molecule has 4 rings (SSSR count). The van der Waals surface area contributed by atoms with Gasteiger partial charge in [-0.1, -0.05) is 11.8 Å². The highest BCUT2D eigenvalue weighted by Crippen LogP contribution is 2.41. The van der Waals surface area contributed by atoms with Gasteiger partial charge >= 0.3 is 5.97 Å². The normalized spacial score (nSPS) is 18.1. The molecule has 4 heterocycles. The summed E-state index contributed by atoms with van der Waals surface area (Å²) in [5, 5.41) is 20.0. The summed E-state index contributed by atoms with van der Waals surface area (Å²) < 4.78 is 16.5. The second-order valence-corrected chi connectivity index (χ2v) is 9.00. The van der Waals surface area contributed by atoms with Gasteiger partial charge in [-0.2, -0.15) is 10.5 Å². The van der Waals surface area contributed by atoms with Crippen LogP contribution in [0.4, 0.5) is 0 Å². The van der Waals surface area contributed by atoms with Crippen LogP contribution in [-0.4, -0.2) is 42.3 Å². The third kappa shape index (κ3) is 4.38. The van der Waals surface area contributed by atoms with Crippen LogP contribution in [0.25, 0.3) is 0 Å². The minimum Gasteiger partial charge on any atom is -0.466 e. The van der Waals surface area contributed by atoms with Crippen LogP contribution in [0.15, 0.2) is 50.4 Å². The van der Waals surface area contributed by atoms with Gasteiger partial charge in [0.05, 0.1) is 29.9 Å². The summed E-state index contributed by atoms with van der Waals surface area (Å²) in [7, 11) is 3.29.